The molecule has 10 nitrogen and oxygen atoms in total. The number of fused-ring (bicyclic) bond motifs is 1. The van der Waals surface area contributed by atoms with Crippen molar-refractivity contribution in [2.24, 2.45) is 11.8 Å². The van der Waals surface area contributed by atoms with Crippen LogP contribution in [0.1, 0.15) is 48.0 Å². The number of aromatic carboxylic acids is 1. The molecule has 34 heavy (non-hydrogen) atoms. The first-order valence-electron chi connectivity index (χ1n) is 11.9. The number of imidazole rings is 1. The summed E-state index contributed by atoms with van der Waals surface area (Å²) in [6.45, 7) is 3.12. The number of nitrogens with zero attached hydrogens (tertiary/aromatic N) is 3. The second-order valence-corrected chi connectivity index (χ2v) is 9.43. The van der Waals surface area contributed by atoms with Gasteiger partial charge in [0.2, 0.25) is 5.91 Å². The highest BCUT2D eigenvalue weighted by Gasteiger charge is 2.33. The van der Waals surface area contributed by atoms with Gasteiger partial charge in [-0.15, -0.1) is 0 Å². The summed E-state index contributed by atoms with van der Waals surface area (Å²) < 4.78 is 6.67. The van der Waals surface area contributed by atoms with E-state index in [2.05, 4.69) is 15.5 Å². The molecule has 0 radical (unpaired) electrons. The number of hydrogen-bond acceptors (Lipinski definition) is 6. The van der Waals surface area contributed by atoms with Crippen LogP contribution in [-0.4, -0.2) is 57.7 Å². The fourth-order valence-corrected chi connectivity index (χ4v) is 5.55. The quantitative estimate of drug-likeness (QED) is 0.509. The van der Waals surface area contributed by atoms with Crippen LogP contribution in [0.4, 0.5) is 0 Å². The van der Waals surface area contributed by atoms with Gasteiger partial charge in [0.1, 0.15) is 5.97 Å². The average Bonchev–Trinajstić information content (AvgIpc) is 3.44. The molecular weight excluding hydrogens is 438 g/mol. The summed E-state index contributed by atoms with van der Waals surface area (Å²) in [7, 11) is 0. The van der Waals surface area contributed by atoms with Gasteiger partial charge in [0.15, 0.2) is 5.76 Å². The first-order valence-corrected chi connectivity index (χ1v) is 11.9. The lowest BCUT2D eigenvalue weighted by Gasteiger charge is -2.35. The van der Waals surface area contributed by atoms with Crippen LogP contribution < -0.4 is 16.1 Å². The highest BCUT2D eigenvalue weighted by Crippen LogP contribution is 2.28. The van der Waals surface area contributed by atoms with E-state index in [0.717, 1.165) is 43.4 Å². The summed E-state index contributed by atoms with van der Waals surface area (Å²) >= 11 is 0. The molecule has 1 amide bonds. The summed E-state index contributed by atoms with van der Waals surface area (Å²) in [5.74, 6) is -1.05. The zero-order chi connectivity index (χ0) is 23.7. The highest BCUT2D eigenvalue weighted by molar-refractivity contribution is 5.82. The van der Waals surface area contributed by atoms with Crippen molar-refractivity contribution in [1.29, 1.82) is 0 Å². The molecule has 10 heteroatoms. The number of carboxylic acid groups (broad SMARTS) is 1. The molecule has 0 spiro atoms. The van der Waals surface area contributed by atoms with Crippen LogP contribution in [0.25, 0.3) is 11.0 Å². The molecule has 2 aliphatic heterocycles. The smallest absolute Gasteiger partial charge is 0.326 e. The fourth-order valence-electron chi connectivity index (χ4n) is 5.55. The Kier molecular flexibility index (Phi) is 6.23. The van der Waals surface area contributed by atoms with Gasteiger partial charge in [0.05, 0.1) is 29.8 Å². The lowest BCUT2D eigenvalue weighted by molar-refractivity contribution is -0.672. The first kappa shape index (κ1) is 22.4. The molecule has 2 saturated heterocycles. The summed E-state index contributed by atoms with van der Waals surface area (Å²) in [5.41, 5.74) is 2.24. The largest absolute Gasteiger partial charge is 0.541 e. The molecule has 180 valence electrons. The molecule has 2 aliphatic rings. The van der Waals surface area contributed by atoms with Crippen LogP contribution >= 0.6 is 0 Å². The van der Waals surface area contributed by atoms with Crippen LogP contribution in [0.2, 0.25) is 0 Å². The first-order chi connectivity index (χ1) is 16.5. The minimum absolute atomic E-state index is 0.0785. The van der Waals surface area contributed by atoms with Gasteiger partial charge >= 0.3 is 5.69 Å². The van der Waals surface area contributed by atoms with E-state index in [1.165, 1.54) is 6.07 Å². The lowest BCUT2D eigenvalue weighted by Crippen LogP contribution is -2.88. The Morgan fingerprint density at radius 1 is 1.18 bits per heavy atom. The third-order valence-electron chi connectivity index (χ3n) is 7.35. The number of rotatable bonds is 6. The van der Waals surface area contributed by atoms with Crippen molar-refractivity contribution in [3.63, 3.8) is 0 Å². The maximum Gasteiger partial charge on any atom is 0.326 e. The SMILES string of the molecule is O=C([O-])c1cc(C[C@H]2C[NH2+]CC[C@H]2CC(=O)N2CCC(n3c(=O)[nH]c4ccccc43)CC2)no1. The van der Waals surface area contributed by atoms with Gasteiger partial charge in [-0.25, -0.2) is 4.79 Å². The van der Waals surface area contributed by atoms with E-state index in [9.17, 15) is 19.5 Å². The summed E-state index contributed by atoms with van der Waals surface area (Å²) in [5, 5.41) is 17.0. The standard InChI is InChI=1S/C24H29N5O5/c30-22(12-15-5-8-25-14-16(15)11-17-13-21(23(31)32)34-27-17)28-9-6-18(7-10-28)29-20-4-2-1-3-19(20)26-24(29)33/h1-4,13,15-16,18,25H,5-12,14H2,(H,26,33)(H,31,32)/t15-,16-/m0/s1. The number of aromatic amines is 1. The van der Waals surface area contributed by atoms with Crippen LogP contribution in [-0.2, 0) is 11.2 Å². The van der Waals surface area contributed by atoms with E-state index in [0.29, 0.717) is 31.6 Å². The number of H-pyrrole nitrogens is 1. The summed E-state index contributed by atoms with van der Waals surface area (Å²) in [6, 6.07) is 9.19. The number of carboxylic acids is 1. The molecule has 0 saturated carbocycles. The molecule has 2 fully saturated rings. The van der Waals surface area contributed by atoms with Gasteiger partial charge in [-0.1, -0.05) is 17.3 Å². The second kappa shape index (κ2) is 9.46. The third kappa shape index (κ3) is 4.50. The van der Waals surface area contributed by atoms with Crippen molar-refractivity contribution < 1.29 is 24.5 Å². The van der Waals surface area contributed by atoms with E-state index < -0.39 is 5.97 Å². The Hall–Kier alpha value is -3.40. The molecule has 5 rings (SSSR count). The maximum atomic E-state index is 13.2. The Morgan fingerprint density at radius 3 is 2.74 bits per heavy atom. The molecule has 0 bridgehead atoms. The van der Waals surface area contributed by atoms with Gasteiger partial charge < -0.3 is 29.6 Å². The topological polar surface area (TPSA) is 141 Å². The molecule has 2 atom stereocenters. The molecule has 1 aromatic carbocycles. The number of quaternary nitrogens is 1. The third-order valence-corrected chi connectivity index (χ3v) is 7.35. The molecule has 2 aromatic heterocycles. The minimum atomic E-state index is -1.38. The Labute approximate surface area is 195 Å². The van der Waals surface area contributed by atoms with Gasteiger partial charge in [-0.3, -0.25) is 9.36 Å². The van der Waals surface area contributed by atoms with Crippen LogP contribution in [0, 0.1) is 11.8 Å². The molecular formula is C24H29N5O5. The molecule has 0 unspecified atom stereocenters. The van der Waals surface area contributed by atoms with Crippen molar-refractivity contribution in [3.05, 3.63) is 52.3 Å². The minimum Gasteiger partial charge on any atom is -0.541 e. The van der Waals surface area contributed by atoms with Crippen molar-refractivity contribution >= 4 is 22.9 Å². The normalized spacial score (nSPS) is 21.7. The number of benzene rings is 1. The van der Waals surface area contributed by atoms with Gasteiger partial charge in [-0.05, 0) is 30.9 Å². The zero-order valence-corrected chi connectivity index (χ0v) is 18.9. The number of amides is 1. The van der Waals surface area contributed by atoms with Gasteiger partial charge in [0, 0.05) is 50.4 Å². The number of para-hydroxylation sites is 2. The average molecular weight is 468 g/mol. The number of hydrogen-bond donors (Lipinski definition) is 2. The number of aromatic nitrogens is 3. The van der Waals surface area contributed by atoms with E-state index in [-0.39, 0.29) is 35.2 Å². The summed E-state index contributed by atoms with van der Waals surface area (Å²) in [4.78, 5) is 41.5. The lowest BCUT2D eigenvalue weighted by atomic mass is 9.81. The van der Waals surface area contributed by atoms with E-state index in [1.54, 1.807) is 0 Å². The number of carbonyl (C=O) groups is 2. The summed E-state index contributed by atoms with van der Waals surface area (Å²) in [6.07, 6.45) is 3.49. The molecule has 4 heterocycles. The van der Waals surface area contributed by atoms with E-state index >= 15 is 0 Å². The maximum absolute atomic E-state index is 13.2. The van der Waals surface area contributed by atoms with Crippen molar-refractivity contribution in [2.45, 2.75) is 38.1 Å². The van der Waals surface area contributed by atoms with Crippen LogP contribution in [0.5, 0.6) is 0 Å². The highest BCUT2D eigenvalue weighted by atomic mass is 16.5. The van der Waals surface area contributed by atoms with Gasteiger partial charge in [0.25, 0.3) is 0 Å². The molecule has 0 aliphatic carbocycles. The fraction of sp³-hybridized carbons (Fsp3) is 0.500. The zero-order valence-electron chi connectivity index (χ0n) is 18.9. The number of nitrogens with one attached hydrogen (secondary N) is 1. The van der Waals surface area contributed by atoms with Crippen LogP contribution in [0.15, 0.2) is 39.6 Å². The molecule has 3 N–H and O–H groups in total. The van der Waals surface area contributed by atoms with Gasteiger partial charge in [-0.2, -0.15) is 0 Å². The Balaban J connectivity index is 1.20. The van der Waals surface area contributed by atoms with E-state index in [4.69, 9.17) is 4.52 Å². The second-order valence-electron chi connectivity index (χ2n) is 9.43. The Morgan fingerprint density at radius 2 is 1.97 bits per heavy atom. The van der Waals surface area contributed by atoms with Crippen molar-refractivity contribution in [3.8, 4) is 0 Å². The van der Waals surface area contributed by atoms with E-state index in [1.807, 2.05) is 33.7 Å². The monoisotopic (exact) mass is 467 g/mol. The number of piperidine rings is 2. The Bertz CT molecular complexity index is 1240. The van der Waals surface area contributed by atoms with Crippen molar-refractivity contribution in [1.82, 2.24) is 19.6 Å². The number of likely N-dealkylation sites (tertiary alicyclic amines) is 1. The van der Waals surface area contributed by atoms with Crippen LogP contribution in [0.3, 0.4) is 0 Å². The number of nitrogens with two attached hydrogens (primary N) is 1. The predicted molar refractivity (Wildman–Crippen MR) is 120 cm³/mol. The predicted octanol–water partition coefficient (Wildman–Crippen LogP) is -0.323. The van der Waals surface area contributed by atoms with Crippen molar-refractivity contribution in [2.75, 3.05) is 26.2 Å². The number of carbonyl (C=O) groups excluding carboxylic acids is 2. The molecule has 3 aromatic rings.